The summed E-state index contributed by atoms with van der Waals surface area (Å²) in [6, 6.07) is 5.60. The summed E-state index contributed by atoms with van der Waals surface area (Å²) in [5.74, 6) is 0.172. The van der Waals surface area contributed by atoms with Gasteiger partial charge < -0.3 is 9.64 Å². The highest BCUT2D eigenvalue weighted by molar-refractivity contribution is 7.91. The van der Waals surface area contributed by atoms with E-state index in [1.807, 2.05) is 12.1 Å². The van der Waals surface area contributed by atoms with Gasteiger partial charge in [0.1, 0.15) is 0 Å². The maximum Gasteiger partial charge on any atom is 0.254 e. The first kappa shape index (κ1) is 17.9. The monoisotopic (exact) mass is 378 g/mol. The summed E-state index contributed by atoms with van der Waals surface area (Å²) < 4.78 is 29.7. The Morgan fingerprint density at radius 2 is 1.92 bits per heavy atom. The first-order valence-corrected chi connectivity index (χ1v) is 11.2. The van der Waals surface area contributed by atoms with E-state index in [4.69, 9.17) is 4.74 Å². The lowest BCUT2D eigenvalue weighted by atomic mass is 10.0. The van der Waals surface area contributed by atoms with E-state index < -0.39 is 9.84 Å². The molecular weight excluding hydrogens is 352 g/mol. The van der Waals surface area contributed by atoms with Crippen LogP contribution < -0.4 is 0 Å². The quantitative estimate of drug-likeness (QED) is 0.773. The van der Waals surface area contributed by atoms with Gasteiger partial charge in [0.25, 0.3) is 5.91 Å². The number of benzene rings is 1. The summed E-state index contributed by atoms with van der Waals surface area (Å²) in [6.07, 6.45) is 3.26. The summed E-state index contributed by atoms with van der Waals surface area (Å²) in [5.41, 5.74) is 3.30. The minimum atomic E-state index is -3.12. The maximum absolute atomic E-state index is 13.2. The van der Waals surface area contributed by atoms with Crippen molar-refractivity contribution in [2.45, 2.75) is 31.3 Å². The third-order valence-corrected chi connectivity index (χ3v) is 7.68. The molecular formula is C19H26N2O4S. The molecule has 26 heavy (non-hydrogen) atoms. The highest BCUT2D eigenvalue weighted by atomic mass is 32.2. The number of ether oxygens (including phenoxy) is 1. The third-order valence-electron chi connectivity index (χ3n) is 5.98. The molecule has 1 aromatic carbocycles. The molecule has 0 bridgehead atoms. The molecule has 3 aliphatic rings. The minimum absolute atomic E-state index is 0.0295. The van der Waals surface area contributed by atoms with Crippen molar-refractivity contribution in [2.24, 2.45) is 0 Å². The summed E-state index contributed by atoms with van der Waals surface area (Å²) in [5, 5.41) is 0. The molecule has 0 saturated carbocycles. The van der Waals surface area contributed by atoms with E-state index in [2.05, 4.69) is 11.0 Å². The van der Waals surface area contributed by atoms with E-state index in [0.717, 1.165) is 19.3 Å². The van der Waals surface area contributed by atoms with Crippen molar-refractivity contribution in [2.75, 3.05) is 44.9 Å². The molecule has 7 heteroatoms. The number of carbonyl (C=O) groups excluding carboxylic acids is 1. The molecule has 1 aromatic rings. The van der Waals surface area contributed by atoms with Gasteiger partial charge in [-0.2, -0.15) is 0 Å². The number of fused-ring (bicyclic) bond motifs is 2. The number of hydrogen-bond donors (Lipinski definition) is 0. The molecule has 1 aliphatic carbocycles. The second-order valence-corrected chi connectivity index (χ2v) is 9.73. The predicted molar refractivity (Wildman–Crippen MR) is 99.2 cm³/mol. The zero-order valence-electron chi connectivity index (χ0n) is 15.2. The number of piperazine rings is 1. The van der Waals surface area contributed by atoms with E-state index in [9.17, 15) is 13.2 Å². The van der Waals surface area contributed by atoms with Gasteiger partial charge >= 0.3 is 0 Å². The molecule has 1 amide bonds. The van der Waals surface area contributed by atoms with Crippen LogP contribution in [0.1, 0.15) is 27.9 Å². The Morgan fingerprint density at radius 1 is 1.15 bits per heavy atom. The molecule has 0 radical (unpaired) electrons. The third kappa shape index (κ3) is 3.28. The van der Waals surface area contributed by atoms with Crippen LogP contribution in [-0.2, 0) is 27.4 Å². The average molecular weight is 378 g/mol. The second kappa shape index (κ2) is 6.94. The van der Waals surface area contributed by atoms with Crippen molar-refractivity contribution >= 4 is 15.7 Å². The molecule has 2 heterocycles. The number of hydrogen-bond acceptors (Lipinski definition) is 5. The van der Waals surface area contributed by atoms with Gasteiger partial charge in [-0.05, 0) is 42.5 Å². The Balaban J connectivity index is 1.57. The Morgan fingerprint density at radius 3 is 2.73 bits per heavy atom. The second-order valence-electron chi connectivity index (χ2n) is 7.58. The van der Waals surface area contributed by atoms with Crippen LogP contribution in [0.25, 0.3) is 0 Å². The summed E-state index contributed by atoms with van der Waals surface area (Å²) in [4.78, 5) is 17.1. The van der Waals surface area contributed by atoms with Crippen LogP contribution >= 0.6 is 0 Å². The van der Waals surface area contributed by atoms with Crippen LogP contribution in [0.3, 0.4) is 0 Å². The molecule has 2 fully saturated rings. The standard InChI is InChI=1S/C19H26N2O4S/c1-25-10-9-20-7-8-21(18-13-26(23,24)12-17(18)20)19(22)16-6-5-14-3-2-4-15(14)11-16/h5-6,11,17-18H,2-4,7-10,12-13H2,1H3/t17-,18+/m0/s1. The van der Waals surface area contributed by atoms with E-state index in [1.54, 1.807) is 12.0 Å². The molecule has 2 aliphatic heterocycles. The fourth-order valence-corrected chi connectivity index (χ4v) is 6.65. The van der Waals surface area contributed by atoms with Crippen LogP contribution in [0.15, 0.2) is 18.2 Å². The number of methoxy groups -OCH3 is 1. The van der Waals surface area contributed by atoms with Crippen LogP contribution in [0.5, 0.6) is 0 Å². The summed E-state index contributed by atoms with van der Waals surface area (Å²) in [7, 11) is -1.47. The van der Waals surface area contributed by atoms with Crippen LogP contribution in [0, 0.1) is 0 Å². The van der Waals surface area contributed by atoms with Gasteiger partial charge in [0.05, 0.1) is 24.2 Å². The van der Waals surface area contributed by atoms with Gasteiger partial charge in [-0.25, -0.2) is 8.42 Å². The predicted octanol–water partition coefficient (Wildman–Crippen LogP) is 0.745. The van der Waals surface area contributed by atoms with Crippen LogP contribution in [0.4, 0.5) is 0 Å². The van der Waals surface area contributed by atoms with Crippen molar-refractivity contribution in [3.63, 3.8) is 0 Å². The lowest BCUT2D eigenvalue weighted by molar-refractivity contribution is 0.0247. The molecule has 6 nitrogen and oxygen atoms in total. The highest BCUT2D eigenvalue weighted by Crippen LogP contribution is 2.29. The van der Waals surface area contributed by atoms with Gasteiger partial charge in [-0.3, -0.25) is 9.69 Å². The molecule has 142 valence electrons. The lowest BCUT2D eigenvalue weighted by Crippen LogP contribution is -2.61. The van der Waals surface area contributed by atoms with Crippen molar-refractivity contribution in [1.29, 1.82) is 0 Å². The van der Waals surface area contributed by atoms with Gasteiger partial charge in [0.15, 0.2) is 9.84 Å². The summed E-state index contributed by atoms with van der Waals surface area (Å²) in [6.45, 7) is 2.53. The SMILES string of the molecule is COCCN1CCN(C(=O)c2ccc3c(c2)CCC3)[C@@H]2CS(=O)(=O)C[C@@H]21. The molecule has 0 N–H and O–H groups in total. The van der Waals surface area contributed by atoms with Crippen LogP contribution in [-0.4, -0.2) is 81.1 Å². The largest absolute Gasteiger partial charge is 0.383 e. The van der Waals surface area contributed by atoms with E-state index in [-0.39, 0.29) is 29.5 Å². The first-order chi connectivity index (χ1) is 12.5. The number of amides is 1. The summed E-state index contributed by atoms with van der Waals surface area (Å²) >= 11 is 0. The zero-order valence-corrected chi connectivity index (χ0v) is 16.0. The van der Waals surface area contributed by atoms with Gasteiger partial charge in [0, 0.05) is 38.3 Å². The Kier molecular flexibility index (Phi) is 4.79. The number of carbonyl (C=O) groups is 1. The maximum atomic E-state index is 13.2. The topological polar surface area (TPSA) is 66.9 Å². The number of sulfone groups is 1. The molecule has 0 unspecified atom stereocenters. The molecule has 0 spiro atoms. The van der Waals surface area contributed by atoms with Crippen molar-refractivity contribution in [1.82, 2.24) is 9.80 Å². The Bertz CT molecular complexity index is 808. The molecule has 2 atom stereocenters. The van der Waals surface area contributed by atoms with Crippen molar-refractivity contribution < 1.29 is 17.9 Å². The van der Waals surface area contributed by atoms with E-state index in [0.29, 0.717) is 31.8 Å². The highest BCUT2D eigenvalue weighted by Gasteiger charge is 2.47. The normalized spacial score (nSPS) is 27.3. The Labute approximate surface area is 155 Å². The zero-order chi connectivity index (χ0) is 18.3. The van der Waals surface area contributed by atoms with Crippen LogP contribution in [0.2, 0.25) is 0 Å². The number of rotatable bonds is 4. The van der Waals surface area contributed by atoms with E-state index in [1.165, 1.54) is 11.1 Å². The lowest BCUT2D eigenvalue weighted by Gasteiger charge is -2.43. The van der Waals surface area contributed by atoms with Crippen molar-refractivity contribution in [3.8, 4) is 0 Å². The first-order valence-electron chi connectivity index (χ1n) is 9.35. The average Bonchev–Trinajstić information content (AvgIpc) is 3.21. The fraction of sp³-hybridized carbons (Fsp3) is 0.632. The smallest absolute Gasteiger partial charge is 0.254 e. The Hall–Kier alpha value is -1.44. The fourth-order valence-electron chi connectivity index (χ4n) is 4.63. The van der Waals surface area contributed by atoms with Crippen molar-refractivity contribution in [3.05, 3.63) is 34.9 Å². The number of nitrogens with zero attached hydrogens (tertiary/aromatic N) is 2. The number of aryl methyl sites for hydroxylation is 2. The molecule has 4 rings (SSSR count). The van der Waals surface area contributed by atoms with Gasteiger partial charge in [-0.1, -0.05) is 6.07 Å². The van der Waals surface area contributed by atoms with Gasteiger partial charge in [-0.15, -0.1) is 0 Å². The van der Waals surface area contributed by atoms with E-state index >= 15 is 0 Å². The molecule has 0 aromatic heterocycles. The molecule has 2 saturated heterocycles. The minimum Gasteiger partial charge on any atom is -0.383 e. The van der Waals surface area contributed by atoms with Gasteiger partial charge in [0.2, 0.25) is 0 Å².